The van der Waals surface area contributed by atoms with E-state index in [2.05, 4.69) is 73.7 Å². The molecule has 0 spiro atoms. The van der Waals surface area contributed by atoms with Crippen LogP contribution in [0, 0.1) is 38.0 Å². The van der Waals surface area contributed by atoms with Gasteiger partial charge in [0.05, 0.1) is 17.4 Å². The van der Waals surface area contributed by atoms with E-state index in [1.54, 1.807) is 0 Å². The topological polar surface area (TPSA) is 61.1 Å². The molecule has 1 saturated carbocycles. The number of carbonyl (C=O) groups excluding carboxylic acids is 1. The second kappa shape index (κ2) is 13.1. The third kappa shape index (κ3) is 5.52. The van der Waals surface area contributed by atoms with Gasteiger partial charge in [-0.3, -0.25) is 4.79 Å². The Morgan fingerprint density at radius 3 is 1.79 bits per heavy atom. The molecule has 254 valence electrons. The molecule has 1 aliphatic carbocycles. The summed E-state index contributed by atoms with van der Waals surface area (Å²) in [6.07, 6.45) is 0.169. The number of nitriles is 1. The quantitative estimate of drug-likeness (QED) is 0.178. The lowest BCUT2D eigenvalue weighted by molar-refractivity contribution is -0.0737. The Labute approximate surface area is 305 Å². The van der Waals surface area contributed by atoms with Crippen LogP contribution in [-0.4, -0.2) is 10.9 Å². The Bertz CT molecular complexity index is 2490. The zero-order valence-corrected chi connectivity index (χ0v) is 29.8. The number of hydrogen-bond acceptors (Lipinski definition) is 3. The van der Waals surface area contributed by atoms with Crippen molar-refractivity contribution >= 4 is 27.3 Å². The molecular weight excluding hydrogens is 635 g/mol. The van der Waals surface area contributed by atoms with E-state index in [0.717, 1.165) is 54.9 Å². The summed E-state index contributed by atoms with van der Waals surface area (Å²) in [5, 5.41) is 29.7. The van der Waals surface area contributed by atoms with E-state index in [1.165, 1.54) is 0 Å². The Balaban J connectivity index is 1.48. The number of aliphatic hydroxyl groups is 1. The molecule has 0 amide bonds. The number of rotatable bonds is 6. The van der Waals surface area contributed by atoms with E-state index in [-0.39, 0.29) is 12.2 Å². The number of fused-ring (bicyclic) bond motifs is 2. The maximum absolute atomic E-state index is 15.7. The van der Waals surface area contributed by atoms with E-state index in [0.29, 0.717) is 11.1 Å². The summed E-state index contributed by atoms with van der Waals surface area (Å²) in [5.41, 5.74) is 4.20. The Morgan fingerprint density at radius 2 is 1.17 bits per heavy atom. The van der Waals surface area contributed by atoms with Crippen molar-refractivity contribution in [1.82, 2.24) is 0 Å². The number of carbonyl (C=O) groups is 1. The van der Waals surface area contributed by atoms with Crippen LogP contribution in [0.4, 0.5) is 0 Å². The molecule has 0 radical (unpaired) electrons. The van der Waals surface area contributed by atoms with E-state index >= 15 is 4.79 Å². The van der Waals surface area contributed by atoms with Crippen molar-refractivity contribution < 1.29 is 9.90 Å². The molecule has 0 unspecified atom stereocenters. The van der Waals surface area contributed by atoms with Gasteiger partial charge in [-0.15, -0.1) is 0 Å². The first-order valence-electron chi connectivity index (χ1n) is 18.1. The van der Waals surface area contributed by atoms with Crippen molar-refractivity contribution in [1.29, 1.82) is 5.26 Å². The van der Waals surface area contributed by atoms with Crippen molar-refractivity contribution in [2.75, 3.05) is 0 Å². The predicted octanol–water partition coefficient (Wildman–Crippen LogP) is 11.0. The van der Waals surface area contributed by atoms with Crippen LogP contribution in [0.1, 0.15) is 67.6 Å². The lowest BCUT2D eigenvalue weighted by Crippen LogP contribution is -2.58. The standard InChI is InChI=1S/C49H41NO2/c1-32-15-19-37(20-16-32)44-30-49(52,43-26-25-36-11-5-7-13-40(36)29-43)46(47(51)41-24-23-35-10-4-6-12-39(35)28-41)45(38-21-17-33(2)18-22-38)48(44,31-50)42-14-8-9-34(3)27-42/h4-29,44-46,52H,30H2,1-3H3/t44-,45-,46+,48-,49-/m0/s1. The minimum absolute atomic E-state index is 0.169. The van der Waals surface area contributed by atoms with Crippen molar-refractivity contribution in [2.45, 2.75) is 50.0 Å². The Kier molecular flexibility index (Phi) is 8.37. The van der Waals surface area contributed by atoms with Crippen molar-refractivity contribution in [2.24, 2.45) is 5.92 Å². The minimum atomic E-state index is -1.65. The first-order chi connectivity index (χ1) is 25.2. The number of benzene rings is 7. The van der Waals surface area contributed by atoms with Crippen LogP contribution >= 0.6 is 0 Å². The molecular formula is C49H41NO2. The maximum atomic E-state index is 15.7. The second-order valence-electron chi connectivity index (χ2n) is 14.8. The monoisotopic (exact) mass is 675 g/mol. The lowest BCUT2D eigenvalue weighted by atomic mass is 9.46. The van der Waals surface area contributed by atoms with Gasteiger partial charge in [0.25, 0.3) is 0 Å². The molecule has 7 aromatic rings. The van der Waals surface area contributed by atoms with Crippen LogP contribution in [0.3, 0.4) is 0 Å². The van der Waals surface area contributed by atoms with Gasteiger partial charge in [-0.2, -0.15) is 5.26 Å². The fraction of sp³-hybridized carbons (Fsp3) is 0.184. The highest BCUT2D eigenvalue weighted by Gasteiger charge is 2.64. The fourth-order valence-electron chi connectivity index (χ4n) is 8.90. The molecule has 8 rings (SSSR count). The van der Waals surface area contributed by atoms with Gasteiger partial charge in [0, 0.05) is 17.4 Å². The smallest absolute Gasteiger partial charge is 0.169 e. The van der Waals surface area contributed by atoms with Gasteiger partial charge < -0.3 is 5.11 Å². The summed E-state index contributed by atoms with van der Waals surface area (Å²) in [6.45, 7) is 6.14. The summed E-state index contributed by atoms with van der Waals surface area (Å²) in [4.78, 5) is 15.7. The molecule has 0 aliphatic heterocycles. The first-order valence-corrected chi connectivity index (χ1v) is 18.1. The lowest BCUT2D eigenvalue weighted by Gasteiger charge is -2.56. The van der Waals surface area contributed by atoms with Gasteiger partial charge in [-0.1, -0.05) is 162 Å². The predicted molar refractivity (Wildman–Crippen MR) is 211 cm³/mol. The molecule has 3 heteroatoms. The van der Waals surface area contributed by atoms with Gasteiger partial charge >= 0.3 is 0 Å². The van der Waals surface area contributed by atoms with Crippen molar-refractivity contribution in [3.05, 3.63) is 202 Å². The molecule has 0 saturated heterocycles. The third-order valence-corrected chi connectivity index (χ3v) is 11.6. The van der Waals surface area contributed by atoms with E-state index in [1.807, 2.05) is 111 Å². The second-order valence-corrected chi connectivity index (χ2v) is 14.8. The van der Waals surface area contributed by atoms with E-state index in [9.17, 15) is 10.4 Å². The molecule has 1 fully saturated rings. The van der Waals surface area contributed by atoms with Crippen LogP contribution in [0.15, 0.2) is 158 Å². The first kappa shape index (κ1) is 33.3. The van der Waals surface area contributed by atoms with E-state index in [4.69, 9.17) is 0 Å². The number of hydrogen-bond donors (Lipinski definition) is 1. The molecule has 0 heterocycles. The largest absolute Gasteiger partial charge is 0.384 e. The summed E-state index contributed by atoms with van der Waals surface area (Å²) in [6, 6.07) is 55.7. The van der Waals surface area contributed by atoms with Crippen molar-refractivity contribution in [3.63, 3.8) is 0 Å². The van der Waals surface area contributed by atoms with Crippen LogP contribution in [0.5, 0.6) is 0 Å². The van der Waals surface area contributed by atoms with E-state index < -0.39 is 28.8 Å². The summed E-state index contributed by atoms with van der Waals surface area (Å²) in [7, 11) is 0. The SMILES string of the molecule is Cc1ccc([C@@H]2C[C@](O)(c3ccc4ccccc4c3)[C@@H](C(=O)c3ccc4ccccc4c3)[C@H](c3ccc(C)cc3)[C@@]2(C#N)c2cccc(C)c2)cc1. The number of Topliss-reactive ketones (excluding diaryl/α,β-unsaturated/α-hetero) is 1. The molecule has 7 aromatic carbocycles. The van der Waals surface area contributed by atoms with Crippen LogP contribution < -0.4 is 0 Å². The Morgan fingerprint density at radius 1 is 0.596 bits per heavy atom. The summed E-state index contributed by atoms with van der Waals surface area (Å²) < 4.78 is 0. The molecule has 1 aliphatic rings. The highest BCUT2D eigenvalue weighted by molar-refractivity contribution is 6.03. The van der Waals surface area contributed by atoms with Crippen LogP contribution in [0.25, 0.3) is 21.5 Å². The third-order valence-electron chi connectivity index (χ3n) is 11.6. The van der Waals surface area contributed by atoms with Crippen LogP contribution in [0.2, 0.25) is 0 Å². The van der Waals surface area contributed by atoms with Gasteiger partial charge in [0.1, 0.15) is 5.60 Å². The zero-order chi connectivity index (χ0) is 36.0. The van der Waals surface area contributed by atoms with Crippen molar-refractivity contribution in [3.8, 4) is 6.07 Å². The number of nitrogens with zero attached hydrogens (tertiary/aromatic N) is 1. The number of ketones is 1. The molecule has 0 aromatic heterocycles. The highest BCUT2D eigenvalue weighted by atomic mass is 16.3. The molecule has 5 atom stereocenters. The van der Waals surface area contributed by atoms with Gasteiger partial charge in [0.15, 0.2) is 5.78 Å². The molecule has 52 heavy (non-hydrogen) atoms. The molecule has 3 nitrogen and oxygen atoms in total. The van der Waals surface area contributed by atoms with Gasteiger partial charge in [-0.25, -0.2) is 0 Å². The fourth-order valence-corrected chi connectivity index (χ4v) is 8.90. The minimum Gasteiger partial charge on any atom is -0.384 e. The Hall–Kier alpha value is -5.82. The zero-order valence-electron chi connectivity index (χ0n) is 29.8. The highest BCUT2D eigenvalue weighted by Crippen LogP contribution is 2.64. The average Bonchev–Trinajstić information content (AvgIpc) is 3.17. The normalized spacial score (nSPS) is 22.9. The van der Waals surface area contributed by atoms with Crippen LogP contribution in [-0.2, 0) is 11.0 Å². The van der Waals surface area contributed by atoms with Gasteiger partial charge in [-0.05, 0) is 83.1 Å². The maximum Gasteiger partial charge on any atom is 0.169 e. The molecule has 1 N–H and O–H groups in total. The number of aryl methyl sites for hydroxylation is 3. The summed E-state index contributed by atoms with van der Waals surface area (Å²) >= 11 is 0. The summed E-state index contributed by atoms with van der Waals surface area (Å²) in [5.74, 6) is -2.39. The average molecular weight is 676 g/mol. The van der Waals surface area contributed by atoms with Gasteiger partial charge in [0.2, 0.25) is 0 Å². The molecule has 0 bridgehead atoms.